The summed E-state index contributed by atoms with van der Waals surface area (Å²) in [5.74, 6) is -2.37. The molecule has 2 amide bonds. The maximum absolute atomic E-state index is 12.2. The minimum Gasteiger partial charge on any atom is -0.320 e. The van der Waals surface area contributed by atoms with E-state index in [4.69, 9.17) is 11.6 Å². The second-order valence-electron chi connectivity index (χ2n) is 6.34. The molecule has 0 aromatic heterocycles. The molecule has 0 radical (unpaired) electrons. The van der Waals surface area contributed by atoms with Gasteiger partial charge in [-0.2, -0.15) is 10.5 Å². The largest absolute Gasteiger partial charge is 0.320 e. The lowest BCUT2D eigenvalue weighted by molar-refractivity contribution is -0.383. The molecule has 144 valence electrons. The molecule has 0 aliphatic carbocycles. The van der Waals surface area contributed by atoms with Crippen molar-refractivity contribution < 1.29 is 14.5 Å². The lowest BCUT2D eigenvalue weighted by atomic mass is 9.72. The third kappa shape index (κ3) is 4.25. The topological polar surface area (TPSA) is 149 Å². The van der Waals surface area contributed by atoms with Gasteiger partial charge in [-0.25, -0.2) is 0 Å². The Morgan fingerprint density at radius 1 is 1.46 bits per heavy atom. The molecule has 0 fully saturated rings. The van der Waals surface area contributed by atoms with Crippen LogP contribution in [0.2, 0.25) is 5.02 Å². The molecule has 0 saturated heterocycles. The number of nitrogens with zero attached hydrogens (tertiary/aromatic N) is 3. The number of nitriles is 2. The Morgan fingerprint density at radius 3 is 2.71 bits per heavy atom. The molecule has 28 heavy (non-hydrogen) atoms. The average Bonchev–Trinajstić information content (AvgIpc) is 2.60. The maximum Gasteiger partial charge on any atom is 0.294 e. The van der Waals surface area contributed by atoms with Crippen molar-refractivity contribution in [2.24, 2.45) is 11.3 Å². The van der Waals surface area contributed by atoms with Crippen LogP contribution in [-0.2, 0) is 9.59 Å². The van der Waals surface area contributed by atoms with E-state index in [9.17, 15) is 30.2 Å². The van der Waals surface area contributed by atoms with Crippen LogP contribution in [0.15, 0.2) is 28.8 Å². The SMILES string of the molecule is CC1(C)C(C#N)=C(SCC(=O)Nc2ccc(Cl)cc2[N+](=O)[O-])NC(=O)[C@@H]1C#N. The zero-order valence-corrected chi connectivity index (χ0v) is 16.3. The van der Waals surface area contributed by atoms with Crippen molar-refractivity contribution >= 4 is 46.6 Å². The minimum absolute atomic E-state index is 0.0213. The molecule has 11 heteroatoms. The van der Waals surface area contributed by atoms with E-state index in [-0.39, 0.29) is 32.8 Å². The Labute approximate surface area is 169 Å². The first-order chi connectivity index (χ1) is 13.1. The Bertz CT molecular complexity index is 977. The highest BCUT2D eigenvalue weighted by Crippen LogP contribution is 2.41. The summed E-state index contributed by atoms with van der Waals surface area (Å²) in [4.78, 5) is 34.7. The normalized spacial score (nSPS) is 17.9. The highest BCUT2D eigenvalue weighted by atomic mass is 35.5. The van der Waals surface area contributed by atoms with Gasteiger partial charge in [0.15, 0.2) is 0 Å². The van der Waals surface area contributed by atoms with Crippen molar-refractivity contribution in [2.45, 2.75) is 13.8 Å². The van der Waals surface area contributed by atoms with Crippen molar-refractivity contribution in [2.75, 3.05) is 11.1 Å². The van der Waals surface area contributed by atoms with Crippen LogP contribution in [0.25, 0.3) is 0 Å². The van der Waals surface area contributed by atoms with Gasteiger partial charge in [-0.3, -0.25) is 19.7 Å². The Hall–Kier alpha value is -3.08. The summed E-state index contributed by atoms with van der Waals surface area (Å²) in [6.07, 6.45) is 0. The number of nitro benzene ring substituents is 1. The average molecular weight is 420 g/mol. The fourth-order valence-corrected chi connectivity index (χ4v) is 3.76. The second-order valence-corrected chi connectivity index (χ2v) is 7.77. The van der Waals surface area contributed by atoms with Crippen LogP contribution in [-0.4, -0.2) is 22.5 Å². The quantitative estimate of drug-likeness (QED) is 0.550. The van der Waals surface area contributed by atoms with Gasteiger partial charge in [-0.15, -0.1) is 0 Å². The summed E-state index contributed by atoms with van der Waals surface area (Å²) in [7, 11) is 0. The van der Waals surface area contributed by atoms with Crippen molar-refractivity contribution in [1.82, 2.24) is 5.32 Å². The van der Waals surface area contributed by atoms with E-state index < -0.39 is 28.1 Å². The number of carbonyl (C=O) groups is 2. The molecular weight excluding hydrogens is 406 g/mol. The van der Waals surface area contributed by atoms with Gasteiger partial charge in [0.1, 0.15) is 11.6 Å². The maximum atomic E-state index is 12.2. The summed E-state index contributed by atoms with van der Waals surface area (Å²) in [5, 5.41) is 35.0. The Balaban J connectivity index is 2.18. The standard InChI is InChI=1S/C17H14ClN5O4S/c1-17(2)10(6-19)15(25)22-16(11(17)7-20)28-8-14(24)21-12-4-3-9(18)5-13(12)23(26)27/h3-5,10H,8H2,1-2H3,(H,21,24)(H,22,25)/t10-/m0/s1. The summed E-state index contributed by atoms with van der Waals surface area (Å²) in [5.41, 5.74) is -1.20. The first kappa shape index (κ1) is 21.2. The van der Waals surface area contributed by atoms with Crippen LogP contribution in [0.5, 0.6) is 0 Å². The molecule has 1 atom stereocenters. The highest BCUT2D eigenvalue weighted by molar-refractivity contribution is 8.03. The predicted molar refractivity (Wildman–Crippen MR) is 103 cm³/mol. The summed E-state index contributed by atoms with van der Waals surface area (Å²) in [6, 6.07) is 7.71. The number of hydrogen-bond acceptors (Lipinski definition) is 7. The molecule has 1 aromatic carbocycles. The lowest BCUT2D eigenvalue weighted by Crippen LogP contribution is -2.44. The number of nitrogens with one attached hydrogen (secondary N) is 2. The minimum atomic E-state index is -1.03. The van der Waals surface area contributed by atoms with Gasteiger partial charge in [0, 0.05) is 16.5 Å². The number of carbonyl (C=O) groups excluding carboxylic acids is 2. The number of thioether (sulfide) groups is 1. The molecule has 2 N–H and O–H groups in total. The van der Waals surface area contributed by atoms with Gasteiger partial charge >= 0.3 is 0 Å². The summed E-state index contributed by atoms with van der Waals surface area (Å²) >= 11 is 6.64. The molecule has 0 unspecified atom stereocenters. The molecule has 1 aromatic rings. The first-order valence-corrected chi connectivity index (χ1v) is 9.20. The first-order valence-electron chi connectivity index (χ1n) is 7.83. The molecule has 2 rings (SSSR count). The molecular formula is C17H14ClN5O4S. The number of hydrogen-bond donors (Lipinski definition) is 2. The van der Waals surface area contributed by atoms with Crippen LogP contribution >= 0.6 is 23.4 Å². The van der Waals surface area contributed by atoms with Crippen LogP contribution in [0.4, 0.5) is 11.4 Å². The molecule has 1 heterocycles. The number of amides is 2. The molecule has 0 spiro atoms. The molecule has 1 aliphatic rings. The van der Waals surface area contributed by atoms with Gasteiger partial charge in [-0.05, 0) is 12.1 Å². The number of allylic oxidation sites excluding steroid dienone is 1. The molecule has 1 aliphatic heterocycles. The van der Waals surface area contributed by atoms with Crippen LogP contribution in [0.1, 0.15) is 13.8 Å². The second kappa shape index (κ2) is 8.30. The zero-order valence-electron chi connectivity index (χ0n) is 14.8. The number of nitro groups is 1. The zero-order chi connectivity index (χ0) is 21.1. The van der Waals surface area contributed by atoms with Gasteiger partial charge in [0.2, 0.25) is 11.8 Å². The summed E-state index contributed by atoms with van der Waals surface area (Å²) in [6.45, 7) is 3.21. The van der Waals surface area contributed by atoms with E-state index in [1.165, 1.54) is 12.1 Å². The molecule has 0 bridgehead atoms. The fraction of sp³-hybridized carbons (Fsp3) is 0.294. The van der Waals surface area contributed by atoms with E-state index in [1.807, 2.05) is 12.1 Å². The van der Waals surface area contributed by atoms with Crippen molar-refractivity contribution in [3.63, 3.8) is 0 Å². The number of halogens is 1. The number of benzene rings is 1. The highest BCUT2D eigenvalue weighted by Gasteiger charge is 2.44. The Morgan fingerprint density at radius 2 is 2.14 bits per heavy atom. The van der Waals surface area contributed by atoms with Gasteiger partial charge < -0.3 is 10.6 Å². The van der Waals surface area contributed by atoms with Crippen LogP contribution in [0, 0.1) is 44.1 Å². The van der Waals surface area contributed by atoms with E-state index in [2.05, 4.69) is 10.6 Å². The summed E-state index contributed by atoms with van der Waals surface area (Å²) < 4.78 is 0. The van der Waals surface area contributed by atoms with E-state index in [1.54, 1.807) is 13.8 Å². The smallest absolute Gasteiger partial charge is 0.294 e. The van der Waals surface area contributed by atoms with E-state index in [0.29, 0.717) is 0 Å². The fourth-order valence-electron chi connectivity index (χ4n) is 2.62. The third-order valence-electron chi connectivity index (χ3n) is 4.11. The number of anilines is 1. The number of rotatable bonds is 5. The third-order valence-corrected chi connectivity index (χ3v) is 5.35. The van der Waals surface area contributed by atoms with E-state index in [0.717, 1.165) is 17.8 Å². The van der Waals surface area contributed by atoms with Crippen molar-refractivity contribution in [3.05, 3.63) is 43.9 Å². The van der Waals surface area contributed by atoms with E-state index >= 15 is 0 Å². The van der Waals surface area contributed by atoms with Crippen molar-refractivity contribution in [3.8, 4) is 12.1 Å². The van der Waals surface area contributed by atoms with Gasteiger partial charge in [0.05, 0.1) is 33.4 Å². The van der Waals surface area contributed by atoms with Gasteiger partial charge in [0.25, 0.3) is 5.69 Å². The van der Waals surface area contributed by atoms with Crippen LogP contribution in [0.3, 0.4) is 0 Å². The molecule has 0 saturated carbocycles. The lowest BCUT2D eigenvalue weighted by Gasteiger charge is -2.34. The molecule has 9 nitrogen and oxygen atoms in total. The Kier molecular flexibility index (Phi) is 6.29. The predicted octanol–water partition coefficient (Wildman–Crippen LogP) is 2.95. The van der Waals surface area contributed by atoms with Crippen molar-refractivity contribution in [1.29, 1.82) is 10.5 Å². The monoisotopic (exact) mass is 419 g/mol. The van der Waals surface area contributed by atoms with Gasteiger partial charge in [-0.1, -0.05) is 37.2 Å². The van der Waals surface area contributed by atoms with Crippen LogP contribution < -0.4 is 10.6 Å².